The van der Waals surface area contributed by atoms with Crippen molar-refractivity contribution in [1.29, 1.82) is 0 Å². The Morgan fingerprint density at radius 3 is 2.57 bits per heavy atom. The first-order valence-electron chi connectivity index (χ1n) is 7.36. The number of esters is 1. The van der Waals surface area contributed by atoms with Gasteiger partial charge in [0.25, 0.3) is 5.91 Å². The summed E-state index contributed by atoms with van der Waals surface area (Å²) in [6, 6.07) is 5.32. The topological polar surface area (TPSA) is 89.5 Å². The van der Waals surface area contributed by atoms with E-state index < -0.39 is 33.9 Å². The number of hydrogen-bond acceptors (Lipinski definition) is 5. The zero-order valence-electron chi connectivity index (χ0n) is 13.5. The average molecular weight is 339 g/mol. The van der Waals surface area contributed by atoms with Crippen molar-refractivity contribution in [2.24, 2.45) is 0 Å². The van der Waals surface area contributed by atoms with Crippen LogP contribution in [0.15, 0.2) is 18.2 Å². The van der Waals surface area contributed by atoms with Crippen LogP contribution in [0.2, 0.25) is 0 Å². The van der Waals surface area contributed by atoms with Gasteiger partial charge in [0.2, 0.25) is 0 Å². The third-order valence-corrected chi connectivity index (χ3v) is 5.78. The molecule has 1 N–H and O–H groups in total. The lowest BCUT2D eigenvalue weighted by Crippen LogP contribution is -2.48. The van der Waals surface area contributed by atoms with Gasteiger partial charge < -0.3 is 10.1 Å². The molecule has 6 nitrogen and oxygen atoms in total. The van der Waals surface area contributed by atoms with Crippen molar-refractivity contribution in [1.82, 2.24) is 5.32 Å². The predicted molar refractivity (Wildman–Crippen MR) is 86.0 cm³/mol. The number of nitrogens with one attached hydrogen (secondary N) is 1. The molecule has 1 saturated heterocycles. The number of sulfone groups is 1. The van der Waals surface area contributed by atoms with Crippen LogP contribution in [0, 0.1) is 13.8 Å². The Kier molecular flexibility index (Phi) is 4.79. The summed E-state index contributed by atoms with van der Waals surface area (Å²) in [5, 5.41) is 2.65. The summed E-state index contributed by atoms with van der Waals surface area (Å²) < 4.78 is 28.0. The van der Waals surface area contributed by atoms with Gasteiger partial charge in [-0.1, -0.05) is 17.7 Å². The Labute approximate surface area is 136 Å². The van der Waals surface area contributed by atoms with Gasteiger partial charge >= 0.3 is 5.97 Å². The van der Waals surface area contributed by atoms with Crippen LogP contribution in [-0.4, -0.2) is 43.9 Å². The molecule has 2 rings (SSSR count). The fourth-order valence-corrected chi connectivity index (χ4v) is 4.83. The molecule has 7 heteroatoms. The summed E-state index contributed by atoms with van der Waals surface area (Å²) >= 11 is 0. The zero-order valence-corrected chi connectivity index (χ0v) is 14.3. The smallest absolute Gasteiger partial charge is 0.338 e. The highest BCUT2D eigenvalue weighted by Gasteiger charge is 2.39. The number of benzene rings is 1. The van der Waals surface area contributed by atoms with Crippen molar-refractivity contribution >= 4 is 21.7 Å². The Balaban J connectivity index is 1.90. The van der Waals surface area contributed by atoms with E-state index in [1.807, 2.05) is 13.0 Å². The number of carbonyl (C=O) groups excluding carboxylic acids is 2. The number of amides is 1. The fourth-order valence-electron chi connectivity index (χ4n) is 2.73. The first kappa shape index (κ1) is 17.5. The Bertz CT molecular complexity index is 741. The SMILES string of the molecule is Cc1ccc(C(=O)OCC(=O)N[C@@]2(C)CCS(=O)(=O)C2)c(C)c1. The maximum atomic E-state index is 12.0. The molecule has 1 aliphatic rings. The molecule has 126 valence electrons. The quantitative estimate of drug-likeness (QED) is 0.831. The van der Waals surface area contributed by atoms with Crippen LogP contribution in [-0.2, 0) is 19.4 Å². The molecule has 0 aromatic heterocycles. The molecule has 23 heavy (non-hydrogen) atoms. The molecule has 0 saturated carbocycles. The van der Waals surface area contributed by atoms with E-state index in [2.05, 4.69) is 5.32 Å². The van der Waals surface area contributed by atoms with Crippen molar-refractivity contribution in [3.8, 4) is 0 Å². The van der Waals surface area contributed by atoms with E-state index in [1.54, 1.807) is 26.0 Å². The van der Waals surface area contributed by atoms with Gasteiger partial charge in [-0.15, -0.1) is 0 Å². The number of aryl methyl sites for hydroxylation is 2. The minimum atomic E-state index is -3.11. The van der Waals surface area contributed by atoms with Gasteiger partial charge in [-0.25, -0.2) is 13.2 Å². The fraction of sp³-hybridized carbons (Fsp3) is 0.500. The lowest BCUT2D eigenvalue weighted by atomic mass is 10.0. The first-order chi connectivity index (χ1) is 10.6. The van der Waals surface area contributed by atoms with Gasteiger partial charge in [-0.05, 0) is 38.8 Å². The third kappa shape index (κ3) is 4.54. The first-order valence-corrected chi connectivity index (χ1v) is 9.18. The van der Waals surface area contributed by atoms with Crippen LogP contribution in [0.25, 0.3) is 0 Å². The number of ether oxygens (including phenoxy) is 1. The van der Waals surface area contributed by atoms with Crippen LogP contribution >= 0.6 is 0 Å². The highest BCUT2D eigenvalue weighted by atomic mass is 32.2. The van der Waals surface area contributed by atoms with Crippen LogP contribution < -0.4 is 5.32 Å². The van der Waals surface area contributed by atoms with E-state index in [0.717, 1.165) is 11.1 Å². The van der Waals surface area contributed by atoms with Gasteiger partial charge in [0.1, 0.15) is 0 Å². The minimum Gasteiger partial charge on any atom is -0.452 e. The van der Waals surface area contributed by atoms with Crippen LogP contribution in [0.3, 0.4) is 0 Å². The molecule has 1 aliphatic heterocycles. The largest absolute Gasteiger partial charge is 0.452 e. The predicted octanol–water partition coefficient (Wildman–Crippen LogP) is 1.15. The molecule has 0 aliphatic carbocycles. The van der Waals surface area contributed by atoms with Crippen molar-refractivity contribution in [3.05, 3.63) is 34.9 Å². The summed E-state index contributed by atoms with van der Waals surface area (Å²) in [5.41, 5.74) is 1.44. The molecule has 1 aromatic rings. The zero-order chi connectivity index (χ0) is 17.3. The molecule has 1 heterocycles. The van der Waals surface area contributed by atoms with Gasteiger partial charge in [-0.2, -0.15) is 0 Å². The van der Waals surface area contributed by atoms with Crippen molar-refractivity contribution in [2.75, 3.05) is 18.1 Å². The number of rotatable bonds is 4. The Hall–Kier alpha value is -1.89. The van der Waals surface area contributed by atoms with Crippen LogP contribution in [0.4, 0.5) is 0 Å². The number of hydrogen-bond donors (Lipinski definition) is 1. The Morgan fingerprint density at radius 1 is 1.30 bits per heavy atom. The second kappa shape index (κ2) is 6.31. The van der Waals surface area contributed by atoms with Crippen molar-refractivity contribution in [2.45, 2.75) is 32.7 Å². The Morgan fingerprint density at radius 2 is 2.00 bits per heavy atom. The lowest BCUT2D eigenvalue weighted by Gasteiger charge is -2.23. The summed E-state index contributed by atoms with van der Waals surface area (Å²) in [6.07, 6.45) is 0.367. The van der Waals surface area contributed by atoms with E-state index in [0.29, 0.717) is 12.0 Å². The molecule has 1 aromatic carbocycles. The van der Waals surface area contributed by atoms with Crippen LogP contribution in [0.1, 0.15) is 34.8 Å². The molecule has 1 atom stereocenters. The molecule has 0 spiro atoms. The molecule has 1 fully saturated rings. The molecule has 0 unspecified atom stereocenters. The highest BCUT2D eigenvalue weighted by molar-refractivity contribution is 7.91. The monoisotopic (exact) mass is 339 g/mol. The van der Waals surface area contributed by atoms with Gasteiger partial charge in [-0.3, -0.25) is 4.79 Å². The van der Waals surface area contributed by atoms with E-state index in [1.165, 1.54) is 0 Å². The summed E-state index contributed by atoms with van der Waals surface area (Å²) in [4.78, 5) is 23.9. The highest BCUT2D eigenvalue weighted by Crippen LogP contribution is 2.22. The van der Waals surface area contributed by atoms with E-state index in [4.69, 9.17) is 4.74 Å². The lowest BCUT2D eigenvalue weighted by molar-refractivity contribution is -0.125. The van der Waals surface area contributed by atoms with E-state index in [9.17, 15) is 18.0 Å². The van der Waals surface area contributed by atoms with E-state index in [-0.39, 0.29) is 11.5 Å². The normalized spacial score (nSPS) is 22.6. The third-order valence-electron chi connectivity index (χ3n) is 3.88. The maximum absolute atomic E-state index is 12.0. The number of carbonyl (C=O) groups is 2. The van der Waals surface area contributed by atoms with Gasteiger partial charge in [0, 0.05) is 0 Å². The molecule has 1 amide bonds. The van der Waals surface area contributed by atoms with Gasteiger partial charge in [0.05, 0.1) is 22.6 Å². The second-order valence-corrected chi connectivity index (χ2v) is 8.53. The summed E-state index contributed by atoms with van der Waals surface area (Å²) in [5.74, 6) is -1.09. The van der Waals surface area contributed by atoms with E-state index >= 15 is 0 Å². The minimum absolute atomic E-state index is 0.0616. The summed E-state index contributed by atoms with van der Waals surface area (Å²) in [7, 11) is -3.11. The van der Waals surface area contributed by atoms with Crippen molar-refractivity contribution < 1.29 is 22.7 Å². The standard InChI is InChI=1S/C16H21NO5S/c1-11-4-5-13(12(2)8-11)15(19)22-9-14(18)17-16(3)6-7-23(20,21)10-16/h4-5,8H,6-7,9-10H2,1-3H3,(H,17,18)/t16-/m0/s1. The molecular weight excluding hydrogens is 318 g/mol. The van der Waals surface area contributed by atoms with Gasteiger partial charge in [0.15, 0.2) is 16.4 Å². The average Bonchev–Trinajstić information content (AvgIpc) is 2.69. The maximum Gasteiger partial charge on any atom is 0.338 e. The molecule has 0 radical (unpaired) electrons. The second-order valence-electron chi connectivity index (χ2n) is 6.35. The molecular formula is C16H21NO5S. The summed E-state index contributed by atoms with van der Waals surface area (Å²) in [6.45, 7) is 4.98. The van der Waals surface area contributed by atoms with Crippen LogP contribution in [0.5, 0.6) is 0 Å². The molecule has 0 bridgehead atoms. The van der Waals surface area contributed by atoms with Crippen molar-refractivity contribution in [3.63, 3.8) is 0 Å².